The summed E-state index contributed by atoms with van der Waals surface area (Å²) in [6.07, 6.45) is 7.05. The first-order valence-corrected chi connectivity index (χ1v) is 9.32. The zero-order valence-electron chi connectivity index (χ0n) is 15.4. The van der Waals surface area contributed by atoms with Gasteiger partial charge in [0.2, 0.25) is 0 Å². The molecule has 3 aromatic rings. The third-order valence-electron chi connectivity index (χ3n) is 5.18. The van der Waals surface area contributed by atoms with Gasteiger partial charge in [-0.25, -0.2) is 4.98 Å². The Morgan fingerprint density at radius 1 is 1.25 bits per heavy atom. The van der Waals surface area contributed by atoms with Crippen LogP contribution in [0.2, 0.25) is 0 Å². The Balaban J connectivity index is 1.64. The van der Waals surface area contributed by atoms with Gasteiger partial charge in [0, 0.05) is 16.9 Å². The van der Waals surface area contributed by atoms with E-state index in [-0.39, 0.29) is 11.8 Å². The van der Waals surface area contributed by atoms with Crippen LogP contribution < -0.4 is 11.1 Å². The SMILES string of the molecule is N#Cc1ccc2c(c1)CCCCC2Nc1ccc(N)c(C(=N)c2cnco2)c1. The molecular formula is C22H21N5O. The van der Waals surface area contributed by atoms with E-state index in [9.17, 15) is 5.26 Å². The number of nitriles is 1. The van der Waals surface area contributed by atoms with Gasteiger partial charge < -0.3 is 15.5 Å². The second-order valence-corrected chi connectivity index (χ2v) is 7.01. The van der Waals surface area contributed by atoms with Gasteiger partial charge in [0.1, 0.15) is 5.71 Å². The number of rotatable bonds is 4. The molecule has 1 heterocycles. The van der Waals surface area contributed by atoms with Crippen LogP contribution >= 0.6 is 0 Å². The highest BCUT2D eigenvalue weighted by molar-refractivity contribution is 6.12. The van der Waals surface area contributed by atoms with E-state index in [1.807, 2.05) is 24.3 Å². The summed E-state index contributed by atoms with van der Waals surface area (Å²) in [5, 5.41) is 21.2. The minimum atomic E-state index is 0.154. The number of nitrogens with two attached hydrogens (primary N) is 1. The van der Waals surface area contributed by atoms with Gasteiger partial charge in [-0.3, -0.25) is 5.41 Å². The Morgan fingerprint density at radius 2 is 2.14 bits per heavy atom. The Morgan fingerprint density at radius 3 is 2.93 bits per heavy atom. The van der Waals surface area contributed by atoms with Gasteiger partial charge in [-0.1, -0.05) is 12.5 Å². The van der Waals surface area contributed by atoms with Crippen molar-refractivity contribution in [1.29, 1.82) is 10.7 Å². The molecule has 1 unspecified atom stereocenters. The highest BCUT2D eigenvalue weighted by atomic mass is 16.3. The zero-order valence-corrected chi connectivity index (χ0v) is 15.4. The van der Waals surface area contributed by atoms with Crippen LogP contribution in [-0.2, 0) is 6.42 Å². The third-order valence-corrected chi connectivity index (χ3v) is 5.18. The van der Waals surface area contributed by atoms with Gasteiger partial charge in [-0.05, 0) is 60.7 Å². The molecule has 1 aromatic heterocycles. The fourth-order valence-electron chi connectivity index (χ4n) is 3.74. The lowest BCUT2D eigenvalue weighted by Crippen LogP contribution is -2.13. The number of benzene rings is 2. The molecule has 4 rings (SSSR count). The van der Waals surface area contributed by atoms with E-state index >= 15 is 0 Å². The van der Waals surface area contributed by atoms with E-state index in [2.05, 4.69) is 22.4 Å². The van der Waals surface area contributed by atoms with Crippen LogP contribution in [0.4, 0.5) is 11.4 Å². The maximum Gasteiger partial charge on any atom is 0.181 e. The second kappa shape index (κ2) is 7.57. The van der Waals surface area contributed by atoms with Crippen LogP contribution in [0.15, 0.2) is 53.4 Å². The summed E-state index contributed by atoms with van der Waals surface area (Å²) in [6, 6.07) is 13.9. The van der Waals surface area contributed by atoms with E-state index in [0.717, 1.165) is 31.4 Å². The lowest BCUT2D eigenvalue weighted by Gasteiger charge is -2.21. The van der Waals surface area contributed by atoms with E-state index < -0.39 is 0 Å². The maximum absolute atomic E-state index is 9.19. The predicted molar refractivity (Wildman–Crippen MR) is 108 cm³/mol. The van der Waals surface area contributed by atoms with Crippen molar-refractivity contribution in [2.24, 2.45) is 0 Å². The highest BCUT2D eigenvalue weighted by Gasteiger charge is 2.20. The standard InChI is InChI=1S/C22H21N5O/c23-11-14-5-7-17-15(9-14)3-1-2-4-20(17)27-16-6-8-19(24)18(10-16)22(25)21-12-26-13-28-21/h5-10,12-13,20,25,27H,1-4,24H2. The summed E-state index contributed by atoms with van der Waals surface area (Å²) >= 11 is 0. The van der Waals surface area contributed by atoms with Gasteiger partial charge in [0.25, 0.3) is 0 Å². The molecule has 6 heteroatoms. The number of fused-ring (bicyclic) bond motifs is 1. The van der Waals surface area contributed by atoms with Crippen molar-refractivity contribution in [3.05, 3.63) is 77.0 Å². The summed E-state index contributed by atoms with van der Waals surface area (Å²) in [4.78, 5) is 3.88. The molecule has 0 bridgehead atoms. The fourth-order valence-corrected chi connectivity index (χ4v) is 3.74. The maximum atomic E-state index is 9.19. The molecule has 140 valence electrons. The molecule has 6 nitrogen and oxygen atoms in total. The number of nitrogens with zero attached hydrogens (tertiary/aromatic N) is 2. The number of hydrogen-bond acceptors (Lipinski definition) is 6. The number of nitrogens with one attached hydrogen (secondary N) is 2. The van der Waals surface area contributed by atoms with Crippen molar-refractivity contribution in [3.8, 4) is 6.07 Å². The van der Waals surface area contributed by atoms with Crippen LogP contribution in [0, 0.1) is 16.7 Å². The minimum Gasteiger partial charge on any atom is -0.442 e. The predicted octanol–water partition coefficient (Wildman–Crippen LogP) is 4.42. The summed E-state index contributed by atoms with van der Waals surface area (Å²) in [6.45, 7) is 0. The molecule has 4 N–H and O–H groups in total. The number of hydrogen-bond donors (Lipinski definition) is 3. The molecule has 2 aromatic carbocycles. The van der Waals surface area contributed by atoms with Crippen molar-refractivity contribution >= 4 is 17.1 Å². The van der Waals surface area contributed by atoms with Crippen LogP contribution in [0.1, 0.15) is 53.3 Å². The molecule has 1 atom stereocenters. The molecule has 0 radical (unpaired) electrons. The monoisotopic (exact) mass is 371 g/mol. The Labute approximate surface area is 163 Å². The van der Waals surface area contributed by atoms with Gasteiger partial charge in [-0.2, -0.15) is 5.26 Å². The van der Waals surface area contributed by atoms with Crippen LogP contribution in [0.5, 0.6) is 0 Å². The average molecular weight is 371 g/mol. The molecule has 1 aliphatic rings. The van der Waals surface area contributed by atoms with Crippen molar-refractivity contribution in [1.82, 2.24) is 4.98 Å². The van der Waals surface area contributed by atoms with Crippen molar-refractivity contribution in [2.45, 2.75) is 31.7 Å². The van der Waals surface area contributed by atoms with E-state index in [0.29, 0.717) is 22.6 Å². The number of aryl methyl sites for hydroxylation is 1. The molecule has 0 aliphatic heterocycles. The summed E-state index contributed by atoms with van der Waals surface area (Å²) in [5.74, 6) is 0.382. The van der Waals surface area contributed by atoms with E-state index in [4.69, 9.17) is 15.6 Å². The molecule has 0 amide bonds. The smallest absolute Gasteiger partial charge is 0.181 e. The molecule has 0 spiro atoms. The number of anilines is 2. The summed E-state index contributed by atoms with van der Waals surface area (Å²) in [5.41, 5.74) is 11.5. The van der Waals surface area contributed by atoms with Gasteiger partial charge in [-0.15, -0.1) is 0 Å². The summed E-state index contributed by atoms with van der Waals surface area (Å²) in [7, 11) is 0. The van der Waals surface area contributed by atoms with Gasteiger partial charge >= 0.3 is 0 Å². The highest BCUT2D eigenvalue weighted by Crippen LogP contribution is 2.33. The van der Waals surface area contributed by atoms with Gasteiger partial charge in [0.05, 0.1) is 23.9 Å². The molecule has 0 saturated heterocycles. The molecule has 1 aliphatic carbocycles. The largest absolute Gasteiger partial charge is 0.442 e. The number of aromatic nitrogens is 1. The molecule has 28 heavy (non-hydrogen) atoms. The van der Waals surface area contributed by atoms with Crippen LogP contribution in [-0.4, -0.2) is 10.7 Å². The number of nitrogen functional groups attached to an aromatic ring is 1. The quantitative estimate of drug-likeness (QED) is 0.357. The van der Waals surface area contributed by atoms with Crippen molar-refractivity contribution < 1.29 is 4.42 Å². The van der Waals surface area contributed by atoms with Crippen LogP contribution in [0.3, 0.4) is 0 Å². The van der Waals surface area contributed by atoms with Crippen LogP contribution in [0.25, 0.3) is 0 Å². The van der Waals surface area contributed by atoms with Gasteiger partial charge in [0.15, 0.2) is 12.2 Å². The first-order chi connectivity index (χ1) is 13.7. The average Bonchev–Trinajstić information content (AvgIpc) is 3.18. The molecular weight excluding hydrogens is 350 g/mol. The lowest BCUT2D eigenvalue weighted by molar-refractivity contribution is 0.548. The Bertz CT molecular complexity index is 1050. The topological polar surface area (TPSA) is 112 Å². The Kier molecular flexibility index (Phi) is 4.81. The fraction of sp³-hybridized carbons (Fsp3) is 0.227. The second-order valence-electron chi connectivity index (χ2n) is 7.01. The van der Waals surface area contributed by atoms with Crippen molar-refractivity contribution in [3.63, 3.8) is 0 Å². The first-order valence-electron chi connectivity index (χ1n) is 9.32. The third kappa shape index (κ3) is 3.47. The normalized spacial score (nSPS) is 15.9. The Hall–Kier alpha value is -3.59. The van der Waals surface area contributed by atoms with E-state index in [1.165, 1.54) is 23.7 Å². The first kappa shape index (κ1) is 17.8. The molecule has 0 saturated carbocycles. The lowest BCUT2D eigenvalue weighted by atomic mass is 9.96. The summed E-state index contributed by atoms with van der Waals surface area (Å²) < 4.78 is 5.24. The zero-order chi connectivity index (χ0) is 19.5. The minimum absolute atomic E-state index is 0.154. The molecule has 0 fully saturated rings. The number of oxazole rings is 1. The van der Waals surface area contributed by atoms with Crippen molar-refractivity contribution in [2.75, 3.05) is 11.1 Å². The van der Waals surface area contributed by atoms with E-state index in [1.54, 1.807) is 6.07 Å².